The Balaban J connectivity index is 2.02. The second-order valence-electron chi connectivity index (χ2n) is 3.51. The van der Waals surface area contributed by atoms with Crippen LogP contribution in [0.2, 0.25) is 0 Å². The largest absolute Gasteiger partial charge is 0.350 e. The SMILES string of the molecule is Cc1ccnc(NCc2cccc(Br)c2)n1. The zero-order valence-corrected chi connectivity index (χ0v) is 10.5. The van der Waals surface area contributed by atoms with E-state index in [0.717, 1.165) is 16.7 Å². The molecule has 3 nitrogen and oxygen atoms in total. The van der Waals surface area contributed by atoms with Gasteiger partial charge in [-0.1, -0.05) is 28.1 Å². The molecule has 1 heterocycles. The maximum absolute atomic E-state index is 4.28. The first-order valence-corrected chi connectivity index (χ1v) is 5.81. The molecule has 82 valence electrons. The molecule has 0 atom stereocenters. The molecule has 0 unspecified atom stereocenters. The number of nitrogens with zero attached hydrogens (tertiary/aromatic N) is 2. The number of rotatable bonds is 3. The van der Waals surface area contributed by atoms with Gasteiger partial charge in [-0.15, -0.1) is 0 Å². The van der Waals surface area contributed by atoms with Crippen molar-refractivity contribution in [3.8, 4) is 0 Å². The lowest BCUT2D eigenvalue weighted by atomic mass is 10.2. The van der Waals surface area contributed by atoms with Crippen molar-refractivity contribution < 1.29 is 0 Å². The summed E-state index contributed by atoms with van der Waals surface area (Å²) < 4.78 is 1.08. The normalized spacial score (nSPS) is 10.1. The fraction of sp³-hybridized carbons (Fsp3) is 0.167. The second kappa shape index (κ2) is 5.07. The quantitative estimate of drug-likeness (QED) is 0.937. The van der Waals surface area contributed by atoms with Gasteiger partial charge < -0.3 is 5.32 Å². The molecule has 0 radical (unpaired) electrons. The van der Waals surface area contributed by atoms with Crippen molar-refractivity contribution in [3.63, 3.8) is 0 Å². The highest BCUT2D eigenvalue weighted by Gasteiger charge is 1.97. The van der Waals surface area contributed by atoms with Crippen LogP contribution in [0.5, 0.6) is 0 Å². The summed E-state index contributed by atoms with van der Waals surface area (Å²) in [6.07, 6.45) is 1.76. The Hall–Kier alpha value is -1.42. The van der Waals surface area contributed by atoms with Gasteiger partial charge in [0.05, 0.1) is 0 Å². The molecule has 2 rings (SSSR count). The molecule has 2 aromatic rings. The molecule has 1 aromatic carbocycles. The van der Waals surface area contributed by atoms with E-state index in [1.807, 2.05) is 25.1 Å². The number of anilines is 1. The summed E-state index contributed by atoms with van der Waals surface area (Å²) in [5.41, 5.74) is 2.16. The van der Waals surface area contributed by atoms with Gasteiger partial charge in [-0.25, -0.2) is 9.97 Å². The lowest BCUT2D eigenvalue weighted by Gasteiger charge is -2.05. The smallest absolute Gasteiger partial charge is 0.223 e. The average Bonchev–Trinajstić information content (AvgIpc) is 2.27. The number of nitrogens with one attached hydrogen (secondary N) is 1. The van der Waals surface area contributed by atoms with Crippen LogP contribution in [-0.2, 0) is 6.54 Å². The Bertz CT molecular complexity index is 440. The summed E-state index contributed by atoms with van der Waals surface area (Å²) >= 11 is 3.44. The minimum atomic E-state index is 0.667. The summed E-state index contributed by atoms with van der Waals surface area (Å²) in [6.45, 7) is 2.68. The Morgan fingerprint density at radius 2 is 2.19 bits per heavy atom. The third-order valence-electron chi connectivity index (χ3n) is 2.13. The summed E-state index contributed by atoms with van der Waals surface area (Å²) in [5, 5.41) is 3.19. The van der Waals surface area contributed by atoms with Crippen molar-refractivity contribution in [1.29, 1.82) is 0 Å². The van der Waals surface area contributed by atoms with Crippen molar-refractivity contribution in [2.75, 3.05) is 5.32 Å². The Kier molecular flexibility index (Phi) is 3.51. The van der Waals surface area contributed by atoms with Gasteiger partial charge in [-0.2, -0.15) is 0 Å². The second-order valence-corrected chi connectivity index (χ2v) is 4.42. The number of hydrogen-bond donors (Lipinski definition) is 1. The highest BCUT2D eigenvalue weighted by Crippen LogP contribution is 2.12. The van der Waals surface area contributed by atoms with Crippen LogP contribution in [0.15, 0.2) is 41.0 Å². The third-order valence-corrected chi connectivity index (χ3v) is 2.63. The zero-order valence-electron chi connectivity index (χ0n) is 8.94. The molecule has 0 fully saturated rings. The molecule has 0 saturated heterocycles. The van der Waals surface area contributed by atoms with Gasteiger partial charge in [0, 0.05) is 22.9 Å². The minimum absolute atomic E-state index is 0.667. The van der Waals surface area contributed by atoms with Crippen molar-refractivity contribution in [2.24, 2.45) is 0 Å². The van der Waals surface area contributed by atoms with E-state index < -0.39 is 0 Å². The summed E-state index contributed by atoms with van der Waals surface area (Å²) in [6, 6.07) is 10.0. The summed E-state index contributed by atoms with van der Waals surface area (Å²) in [4.78, 5) is 8.42. The van der Waals surface area contributed by atoms with Gasteiger partial charge in [-0.05, 0) is 30.7 Å². The van der Waals surface area contributed by atoms with Crippen LogP contribution >= 0.6 is 15.9 Å². The molecule has 0 saturated carbocycles. The highest BCUT2D eigenvalue weighted by molar-refractivity contribution is 9.10. The number of hydrogen-bond acceptors (Lipinski definition) is 3. The van der Waals surface area contributed by atoms with Gasteiger partial charge in [-0.3, -0.25) is 0 Å². The van der Waals surface area contributed by atoms with E-state index in [2.05, 4.69) is 43.3 Å². The number of benzene rings is 1. The lowest BCUT2D eigenvalue weighted by Crippen LogP contribution is -2.03. The first kappa shape index (κ1) is 11.1. The van der Waals surface area contributed by atoms with E-state index in [4.69, 9.17) is 0 Å². The van der Waals surface area contributed by atoms with Crippen LogP contribution in [0.4, 0.5) is 5.95 Å². The van der Waals surface area contributed by atoms with Gasteiger partial charge in [0.1, 0.15) is 0 Å². The predicted octanol–water partition coefficient (Wildman–Crippen LogP) is 3.16. The Morgan fingerprint density at radius 3 is 2.94 bits per heavy atom. The first-order chi connectivity index (χ1) is 7.74. The molecular formula is C12H12BrN3. The number of aryl methyl sites for hydroxylation is 1. The topological polar surface area (TPSA) is 37.8 Å². The van der Waals surface area contributed by atoms with E-state index in [9.17, 15) is 0 Å². The maximum atomic E-state index is 4.28. The molecule has 1 aromatic heterocycles. The highest BCUT2D eigenvalue weighted by atomic mass is 79.9. The van der Waals surface area contributed by atoms with Crippen LogP contribution in [0.1, 0.15) is 11.3 Å². The molecule has 4 heteroatoms. The summed E-state index contributed by atoms with van der Waals surface area (Å²) in [7, 11) is 0. The summed E-state index contributed by atoms with van der Waals surface area (Å²) in [5.74, 6) is 0.667. The molecule has 0 bridgehead atoms. The fourth-order valence-electron chi connectivity index (χ4n) is 1.36. The standard InChI is InChI=1S/C12H12BrN3/c1-9-5-6-14-12(16-9)15-8-10-3-2-4-11(13)7-10/h2-7H,8H2,1H3,(H,14,15,16). The van der Waals surface area contributed by atoms with Crippen LogP contribution in [0.25, 0.3) is 0 Å². The molecule has 0 spiro atoms. The van der Waals surface area contributed by atoms with E-state index in [0.29, 0.717) is 5.95 Å². The van der Waals surface area contributed by atoms with Crippen molar-refractivity contribution in [2.45, 2.75) is 13.5 Å². The minimum Gasteiger partial charge on any atom is -0.350 e. The zero-order chi connectivity index (χ0) is 11.4. The van der Waals surface area contributed by atoms with Gasteiger partial charge in [0.25, 0.3) is 0 Å². The van der Waals surface area contributed by atoms with Crippen LogP contribution in [0.3, 0.4) is 0 Å². The predicted molar refractivity (Wildman–Crippen MR) is 68.2 cm³/mol. The van der Waals surface area contributed by atoms with Crippen molar-refractivity contribution in [1.82, 2.24) is 9.97 Å². The lowest BCUT2D eigenvalue weighted by molar-refractivity contribution is 1.03. The first-order valence-electron chi connectivity index (χ1n) is 5.02. The molecule has 0 aliphatic carbocycles. The molecule has 0 aliphatic rings. The van der Waals surface area contributed by atoms with Crippen molar-refractivity contribution >= 4 is 21.9 Å². The average molecular weight is 278 g/mol. The Labute approximate surface area is 103 Å². The maximum Gasteiger partial charge on any atom is 0.223 e. The van der Waals surface area contributed by atoms with Crippen LogP contribution in [0, 0.1) is 6.92 Å². The molecule has 0 aliphatic heterocycles. The number of halogens is 1. The van der Waals surface area contributed by atoms with Gasteiger partial charge in [0.15, 0.2) is 0 Å². The molecular weight excluding hydrogens is 266 g/mol. The fourth-order valence-corrected chi connectivity index (χ4v) is 1.81. The van der Waals surface area contributed by atoms with E-state index in [1.165, 1.54) is 5.56 Å². The molecule has 0 amide bonds. The van der Waals surface area contributed by atoms with Gasteiger partial charge >= 0.3 is 0 Å². The van der Waals surface area contributed by atoms with Gasteiger partial charge in [0.2, 0.25) is 5.95 Å². The van der Waals surface area contributed by atoms with Crippen LogP contribution < -0.4 is 5.32 Å². The Morgan fingerprint density at radius 1 is 1.31 bits per heavy atom. The monoisotopic (exact) mass is 277 g/mol. The van der Waals surface area contributed by atoms with Crippen LogP contribution in [-0.4, -0.2) is 9.97 Å². The van der Waals surface area contributed by atoms with E-state index >= 15 is 0 Å². The molecule has 1 N–H and O–H groups in total. The van der Waals surface area contributed by atoms with Crippen molar-refractivity contribution in [3.05, 3.63) is 52.3 Å². The number of aromatic nitrogens is 2. The molecule has 16 heavy (non-hydrogen) atoms. The van der Waals surface area contributed by atoms with E-state index in [-0.39, 0.29) is 0 Å². The van der Waals surface area contributed by atoms with E-state index in [1.54, 1.807) is 6.20 Å². The third kappa shape index (κ3) is 3.03.